The molecule has 4 aromatic rings. The number of benzene rings is 3. The van der Waals surface area contributed by atoms with Gasteiger partial charge in [-0.2, -0.15) is 0 Å². The van der Waals surface area contributed by atoms with E-state index in [1.807, 2.05) is 12.1 Å². The van der Waals surface area contributed by atoms with E-state index in [0.29, 0.717) is 33.4 Å². The second-order valence-electron chi connectivity index (χ2n) is 7.38. The summed E-state index contributed by atoms with van der Waals surface area (Å²) in [6.45, 7) is 1.99. The molecule has 0 aliphatic carbocycles. The lowest BCUT2D eigenvalue weighted by atomic mass is 10.0. The molecular formula is C24H20F3N2O. The van der Waals surface area contributed by atoms with E-state index in [2.05, 4.69) is 13.0 Å². The lowest BCUT2D eigenvalue weighted by Gasteiger charge is -2.10. The van der Waals surface area contributed by atoms with Crippen LogP contribution in [0.1, 0.15) is 41.3 Å². The van der Waals surface area contributed by atoms with Crippen LogP contribution in [0.2, 0.25) is 0 Å². The monoisotopic (exact) mass is 409 g/mol. The number of hydrogen-bond donors (Lipinski definition) is 1. The maximum Gasteiger partial charge on any atom is 0.249 e. The van der Waals surface area contributed by atoms with Crippen molar-refractivity contribution >= 4 is 27.7 Å². The van der Waals surface area contributed by atoms with E-state index in [9.17, 15) is 18.0 Å². The van der Waals surface area contributed by atoms with E-state index in [1.54, 1.807) is 22.8 Å². The van der Waals surface area contributed by atoms with Crippen molar-refractivity contribution in [3.8, 4) is 0 Å². The average molecular weight is 409 g/mol. The van der Waals surface area contributed by atoms with Gasteiger partial charge in [0.1, 0.15) is 5.82 Å². The number of unbranched alkanes of at least 4 members (excludes halogenated alkanes) is 1. The van der Waals surface area contributed by atoms with Gasteiger partial charge in [0.25, 0.3) is 0 Å². The zero-order valence-electron chi connectivity index (χ0n) is 16.4. The minimum absolute atomic E-state index is 0.103. The summed E-state index contributed by atoms with van der Waals surface area (Å²) >= 11 is 0. The van der Waals surface area contributed by atoms with E-state index in [-0.39, 0.29) is 12.1 Å². The predicted octanol–water partition coefficient (Wildman–Crippen LogP) is 5.50. The van der Waals surface area contributed by atoms with Gasteiger partial charge in [-0.3, -0.25) is 4.79 Å². The smallest absolute Gasteiger partial charge is 0.249 e. The summed E-state index contributed by atoms with van der Waals surface area (Å²) < 4.78 is 43.7. The Labute approximate surface area is 171 Å². The lowest BCUT2D eigenvalue weighted by Crippen LogP contribution is -2.11. The predicted molar refractivity (Wildman–Crippen MR) is 111 cm³/mol. The van der Waals surface area contributed by atoms with Gasteiger partial charge in [-0.15, -0.1) is 0 Å². The standard InChI is InChI=1S/C24H20F3N2O/c1-2-3-5-14-8-9-17-21(10-14)29(13-15-11-16(25)12-19(26)23(15)27)20-7-4-6-18(22(17)20)24(28)30/h4,6-8,10-12H,2-3,5,13H2,1H3,(H2,28,30). The fourth-order valence-electron chi connectivity index (χ4n) is 3.89. The number of carbonyl (C=O) groups excluding carboxylic acids is 1. The van der Waals surface area contributed by atoms with Crippen LogP contribution in [0.5, 0.6) is 0 Å². The molecule has 1 amide bonds. The highest BCUT2D eigenvalue weighted by Crippen LogP contribution is 2.33. The van der Waals surface area contributed by atoms with Gasteiger partial charge in [-0.25, -0.2) is 13.2 Å². The molecule has 0 aliphatic heterocycles. The Hall–Kier alpha value is -3.28. The molecule has 1 heterocycles. The minimum atomic E-state index is -1.24. The Morgan fingerprint density at radius 3 is 2.67 bits per heavy atom. The first kappa shape index (κ1) is 20.0. The summed E-state index contributed by atoms with van der Waals surface area (Å²) in [4.78, 5) is 12.0. The maximum atomic E-state index is 14.4. The van der Waals surface area contributed by atoms with Gasteiger partial charge in [0.15, 0.2) is 11.6 Å². The molecule has 3 nitrogen and oxygen atoms in total. The fraction of sp³-hybridized carbons (Fsp3) is 0.208. The number of aryl methyl sites for hydroxylation is 1. The Bertz CT molecular complexity index is 1280. The normalized spacial score (nSPS) is 11.5. The second-order valence-corrected chi connectivity index (χ2v) is 7.38. The summed E-state index contributed by atoms with van der Waals surface area (Å²) in [5.74, 6) is -3.77. The molecule has 2 N–H and O–H groups in total. The number of nitrogens with two attached hydrogens (primary N) is 1. The van der Waals surface area contributed by atoms with E-state index < -0.39 is 23.4 Å². The number of fused-ring (bicyclic) bond motifs is 3. The number of primary amides is 1. The Kier molecular flexibility index (Phi) is 5.24. The van der Waals surface area contributed by atoms with Crippen molar-refractivity contribution in [1.82, 2.24) is 4.57 Å². The van der Waals surface area contributed by atoms with Gasteiger partial charge in [0.05, 0.1) is 17.6 Å². The first-order chi connectivity index (χ1) is 14.4. The third kappa shape index (κ3) is 3.43. The topological polar surface area (TPSA) is 48.0 Å². The summed E-state index contributed by atoms with van der Waals surface area (Å²) in [6, 6.07) is 13.7. The molecule has 3 aromatic carbocycles. The van der Waals surface area contributed by atoms with Crippen LogP contribution < -0.4 is 5.73 Å². The Morgan fingerprint density at radius 2 is 1.93 bits per heavy atom. The number of nitrogens with zero attached hydrogens (tertiary/aromatic N) is 1. The Balaban J connectivity index is 2.00. The molecule has 0 saturated carbocycles. The zero-order valence-corrected chi connectivity index (χ0v) is 16.4. The molecule has 6 heteroatoms. The van der Waals surface area contributed by atoms with Gasteiger partial charge in [0.2, 0.25) is 5.91 Å². The molecule has 0 spiro atoms. The second kappa shape index (κ2) is 7.86. The van der Waals surface area contributed by atoms with Crippen LogP contribution in [0.3, 0.4) is 0 Å². The summed E-state index contributed by atoms with van der Waals surface area (Å²) in [6.07, 6.45) is 2.87. The molecule has 0 unspecified atom stereocenters. The molecule has 1 aromatic heterocycles. The van der Waals surface area contributed by atoms with Crippen LogP contribution in [-0.4, -0.2) is 10.5 Å². The molecule has 0 aliphatic rings. The zero-order chi connectivity index (χ0) is 21.4. The number of carbonyl (C=O) groups is 1. The molecular weight excluding hydrogens is 389 g/mol. The van der Waals surface area contributed by atoms with E-state index in [0.717, 1.165) is 30.9 Å². The highest BCUT2D eigenvalue weighted by molar-refractivity contribution is 6.17. The molecule has 0 bridgehead atoms. The van der Waals surface area contributed by atoms with Gasteiger partial charge in [-0.1, -0.05) is 25.5 Å². The number of rotatable bonds is 6. The van der Waals surface area contributed by atoms with Crippen molar-refractivity contribution in [3.05, 3.63) is 82.7 Å². The fourth-order valence-corrected chi connectivity index (χ4v) is 3.89. The van der Waals surface area contributed by atoms with Crippen LogP contribution in [-0.2, 0) is 13.0 Å². The third-order valence-corrected chi connectivity index (χ3v) is 5.34. The molecule has 0 atom stereocenters. The largest absolute Gasteiger partial charge is 0.366 e. The van der Waals surface area contributed by atoms with Gasteiger partial charge < -0.3 is 10.3 Å². The van der Waals surface area contributed by atoms with Crippen molar-refractivity contribution in [1.29, 1.82) is 0 Å². The van der Waals surface area contributed by atoms with Crippen LogP contribution in [0.15, 0.2) is 42.5 Å². The molecule has 30 heavy (non-hydrogen) atoms. The van der Waals surface area contributed by atoms with Gasteiger partial charge in [-0.05, 0) is 48.7 Å². The molecule has 1 radical (unpaired) electrons. The van der Waals surface area contributed by atoms with E-state index in [1.165, 1.54) is 0 Å². The highest BCUT2D eigenvalue weighted by Gasteiger charge is 2.19. The van der Waals surface area contributed by atoms with Crippen molar-refractivity contribution in [2.45, 2.75) is 32.7 Å². The summed E-state index contributed by atoms with van der Waals surface area (Å²) in [7, 11) is 0. The molecule has 0 fully saturated rings. The molecule has 153 valence electrons. The summed E-state index contributed by atoms with van der Waals surface area (Å²) in [5, 5.41) is 1.26. The maximum absolute atomic E-state index is 14.4. The van der Waals surface area contributed by atoms with E-state index in [4.69, 9.17) is 5.73 Å². The van der Waals surface area contributed by atoms with E-state index >= 15 is 0 Å². The van der Waals surface area contributed by atoms with Crippen LogP contribution in [0.4, 0.5) is 13.2 Å². The van der Waals surface area contributed by atoms with Crippen LogP contribution in [0, 0.1) is 23.5 Å². The van der Waals surface area contributed by atoms with Gasteiger partial charge >= 0.3 is 0 Å². The van der Waals surface area contributed by atoms with Crippen molar-refractivity contribution in [3.63, 3.8) is 0 Å². The van der Waals surface area contributed by atoms with Crippen molar-refractivity contribution in [2.75, 3.05) is 0 Å². The Morgan fingerprint density at radius 1 is 1.13 bits per heavy atom. The quantitative estimate of drug-likeness (QED) is 0.420. The number of hydrogen-bond acceptors (Lipinski definition) is 1. The first-order valence-electron chi connectivity index (χ1n) is 9.79. The highest BCUT2D eigenvalue weighted by atomic mass is 19.2. The first-order valence-corrected chi connectivity index (χ1v) is 9.79. The molecule has 0 saturated heterocycles. The SMILES string of the molecule is CCCCc1c[c]c2c3c(C(N)=O)cccc3n(Cc3cc(F)cc(F)c3F)c2c1. The number of amides is 1. The van der Waals surface area contributed by atoms with Crippen LogP contribution in [0.25, 0.3) is 21.8 Å². The lowest BCUT2D eigenvalue weighted by molar-refractivity contribution is 0.100. The molecule has 4 rings (SSSR count). The third-order valence-electron chi connectivity index (χ3n) is 5.34. The number of halogens is 3. The minimum Gasteiger partial charge on any atom is -0.366 e. The number of aromatic nitrogens is 1. The summed E-state index contributed by atoms with van der Waals surface area (Å²) in [5.41, 5.74) is 8.14. The van der Waals surface area contributed by atoms with Crippen LogP contribution >= 0.6 is 0 Å². The van der Waals surface area contributed by atoms with Crippen molar-refractivity contribution in [2.24, 2.45) is 5.73 Å². The van der Waals surface area contributed by atoms with Gasteiger partial charge in [0, 0.05) is 28.0 Å². The average Bonchev–Trinajstić information content (AvgIpc) is 3.03. The van der Waals surface area contributed by atoms with Crippen molar-refractivity contribution < 1.29 is 18.0 Å².